The monoisotopic (exact) mass is 474 g/mol. The molecule has 2 aromatic carbocycles. The quantitative estimate of drug-likeness (QED) is 0.490. The summed E-state index contributed by atoms with van der Waals surface area (Å²) in [5, 5.41) is 31.9. The topological polar surface area (TPSA) is 144 Å². The number of aromatic carboxylic acids is 1. The molecule has 4 atom stereocenters. The highest BCUT2D eigenvalue weighted by Gasteiger charge is 2.61. The van der Waals surface area contributed by atoms with Crippen molar-refractivity contribution < 1.29 is 34.5 Å². The number of carbonyl (C=O) groups is 4. The van der Waals surface area contributed by atoms with Crippen molar-refractivity contribution in [1.82, 2.24) is 5.32 Å². The summed E-state index contributed by atoms with van der Waals surface area (Å²) in [5.41, 5.74) is 0.227. The van der Waals surface area contributed by atoms with E-state index in [1.54, 1.807) is 12.1 Å². The molecule has 9 nitrogen and oxygen atoms in total. The van der Waals surface area contributed by atoms with Crippen molar-refractivity contribution in [2.75, 3.05) is 4.90 Å². The molecule has 0 saturated carbocycles. The zero-order valence-electron chi connectivity index (χ0n) is 15.2. The summed E-state index contributed by atoms with van der Waals surface area (Å²) in [6, 6.07) is 7.61. The number of anilines is 1. The number of phenols is 1. The van der Waals surface area contributed by atoms with Gasteiger partial charge < -0.3 is 15.3 Å². The van der Waals surface area contributed by atoms with Crippen LogP contribution in [0.2, 0.25) is 0 Å². The molecule has 2 fully saturated rings. The number of benzene rings is 2. The molecule has 2 saturated heterocycles. The van der Waals surface area contributed by atoms with Gasteiger partial charge in [0.2, 0.25) is 11.8 Å². The second-order valence-electron chi connectivity index (χ2n) is 7.08. The van der Waals surface area contributed by atoms with Gasteiger partial charge in [-0.15, -0.1) is 0 Å². The number of rotatable bonds is 4. The van der Waals surface area contributed by atoms with Crippen molar-refractivity contribution in [2.24, 2.45) is 11.8 Å². The Balaban J connectivity index is 1.80. The van der Waals surface area contributed by atoms with Crippen molar-refractivity contribution in [3.63, 3.8) is 0 Å². The third kappa shape index (κ3) is 3.04. The average molecular weight is 475 g/mol. The zero-order chi connectivity index (χ0) is 21.7. The largest absolute Gasteiger partial charge is 0.508 e. The van der Waals surface area contributed by atoms with Gasteiger partial charge in [-0.2, -0.15) is 0 Å². The maximum absolute atomic E-state index is 13.3. The molecule has 0 spiro atoms. The molecule has 0 aromatic heterocycles. The molecule has 0 radical (unpaired) electrons. The number of aliphatic carboxylic acids is 1. The number of nitrogens with zero attached hydrogens (tertiary/aromatic N) is 1. The summed E-state index contributed by atoms with van der Waals surface area (Å²) >= 11 is 3.28. The molecule has 2 amide bonds. The van der Waals surface area contributed by atoms with E-state index in [-0.39, 0.29) is 22.6 Å². The minimum absolute atomic E-state index is 0.0562. The fourth-order valence-electron chi connectivity index (χ4n) is 4.13. The van der Waals surface area contributed by atoms with Crippen LogP contribution in [0.25, 0.3) is 0 Å². The molecule has 30 heavy (non-hydrogen) atoms. The van der Waals surface area contributed by atoms with E-state index >= 15 is 0 Å². The van der Waals surface area contributed by atoms with Crippen LogP contribution in [0, 0.1) is 11.8 Å². The Labute approximate surface area is 178 Å². The van der Waals surface area contributed by atoms with Crippen LogP contribution in [0.15, 0.2) is 46.9 Å². The zero-order valence-corrected chi connectivity index (χ0v) is 16.7. The van der Waals surface area contributed by atoms with Crippen LogP contribution in [0.5, 0.6) is 5.75 Å². The lowest BCUT2D eigenvalue weighted by atomic mass is 9.86. The molecule has 2 aliphatic rings. The number of imide groups is 1. The van der Waals surface area contributed by atoms with Crippen molar-refractivity contribution in [1.29, 1.82) is 0 Å². The summed E-state index contributed by atoms with van der Waals surface area (Å²) in [4.78, 5) is 50.3. The first-order valence-electron chi connectivity index (χ1n) is 8.89. The molecule has 2 heterocycles. The van der Waals surface area contributed by atoms with Gasteiger partial charge in [0.1, 0.15) is 11.8 Å². The number of carbonyl (C=O) groups excluding carboxylic acids is 2. The first kappa shape index (κ1) is 20.0. The van der Waals surface area contributed by atoms with Crippen LogP contribution in [0.3, 0.4) is 0 Å². The first-order chi connectivity index (χ1) is 14.2. The highest BCUT2D eigenvalue weighted by atomic mass is 79.9. The number of carboxylic acid groups (broad SMARTS) is 2. The van der Waals surface area contributed by atoms with E-state index in [1.165, 1.54) is 30.3 Å². The molecule has 154 valence electrons. The number of phenolic OH excluding ortho intramolecular Hbond substituents is 1. The number of hydrogen-bond acceptors (Lipinski definition) is 6. The van der Waals surface area contributed by atoms with E-state index in [2.05, 4.69) is 21.2 Å². The molecule has 10 heteroatoms. The van der Waals surface area contributed by atoms with Crippen LogP contribution >= 0.6 is 15.9 Å². The highest BCUT2D eigenvalue weighted by molar-refractivity contribution is 9.10. The summed E-state index contributed by atoms with van der Waals surface area (Å²) in [7, 11) is 0. The molecule has 2 aromatic rings. The Morgan fingerprint density at radius 3 is 2.37 bits per heavy atom. The number of amides is 2. The summed E-state index contributed by atoms with van der Waals surface area (Å²) in [6.07, 6.45) is 0. The molecule has 0 aliphatic carbocycles. The van der Waals surface area contributed by atoms with Crippen LogP contribution in [0.4, 0.5) is 5.69 Å². The highest BCUT2D eigenvalue weighted by Crippen LogP contribution is 2.47. The molecule has 4 N–H and O–H groups in total. The lowest BCUT2D eigenvalue weighted by Gasteiger charge is -2.22. The van der Waals surface area contributed by atoms with Gasteiger partial charge >= 0.3 is 11.9 Å². The van der Waals surface area contributed by atoms with Gasteiger partial charge in [-0.3, -0.25) is 19.7 Å². The number of aromatic hydroxyl groups is 1. The van der Waals surface area contributed by atoms with Gasteiger partial charge in [-0.25, -0.2) is 9.69 Å². The Morgan fingerprint density at radius 2 is 1.70 bits per heavy atom. The van der Waals surface area contributed by atoms with E-state index in [0.717, 1.165) is 4.90 Å². The van der Waals surface area contributed by atoms with E-state index in [0.29, 0.717) is 4.47 Å². The Morgan fingerprint density at radius 1 is 1.00 bits per heavy atom. The standard InChI is InChI=1S/C20H15BrN2O7/c21-9-4-5-12(24)11(7-9)15-13-14(16(22-15)20(29)30)18(26)23(17(13)25)10-3-1-2-8(6-10)19(27)28/h1-7,13-16,22,24H,(H,27,28)(H,29,30). The van der Waals surface area contributed by atoms with Gasteiger partial charge in [0.25, 0.3) is 0 Å². The van der Waals surface area contributed by atoms with Crippen molar-refractivity contribution in [2.45, 2.75) is 12.1 Å². The normalized spacial score (nSPS) is 25.4. The predicted molar refractivity (Wildman–Crippen MR) is 106 cm³/mol. The number of hydrogen-bond donors (Lipinski definition) is 4. The lowest BCUT2D eigenvalue weighted by molar-refractivity contribution is -0.142. The van der Waals surface area contributed by atoms with Gasteiger partial charge in [-0.1, -0.05) is 22.0 Å². The van der Waals surface area contributed by atoms with Crippen molar-refractivity contribution in [3.05, 3.63) is 58.1 Å². The number of fused-ring (bicyclic) bond motifs is 1. The predicted octanol–water partition coefficient (Wildman–Crippen LogP) is 1.76. The third-order valence-electron chi connectivity index (χ3n) is 5.42. The molecular formula is C20H15BrN2O7. The number of halogens is 1. The van der Waals surface area contributed by atoms with E-state index in [4.69, 9.17) is 0 Å². The van der Waals surface area contributed by atoms with Crippen LogP contribution in [-0.4, -0.2) is 45.1 Å². The molecule has 4 rings (SSSR count). The molecule has 2 aliphatic heterocycles. The summed E-state index contributed by atoms with van der Waals surface area (Å²) in [5.74, 6) is -6.34. The number of carboxylic acids is 2. The van der Waals surface area contributed by atoms with Crippen molar-refractivity contribution >= 4 is 45.4 Å². The van der Waals surface area contributed by atoms with Gasteiger partial charge in [0.15, 0.2) is 0 Å². The molecule has 4 unspecified atom stereocenters. The second-order valence-corrected chi connectivity index (χ2v) is 8.00. The van der Waals surface area contributed by atoms with E-state index < -0.39 is 47.7 Å². The number of nitrogens with one attached hydrogen (secondary N) is 1. The minimum Gasteiger partial charge on any atom is -0.508 e. The summed E-state index contributed by atoms with van der Waals surface area (Å²) in [6.45, 7) is 0. The van der Waals surface area contributed by atoms with Crippen LogP contribution < -0.4 is 10.2 Å². The van der Waals surface area contributed by atoms with Crippen LogP contribution in [0.1, 0.15) is 22.0 Å². The van der Waals surface area contributed by atoms with Crippen molar-refractivity contribution in [3.8, 4) is 5.75 Å². The van der Waals surface area contributed by atoms with Gasteiger partial charge in [0, 0.05) is 16.1 Å². The maximum atomic E-state index is 13.3. The lowest BCUT2D eigenvalue weighted by Crippen LogP contribution is -2.43. The maximum Gasteiger partial charge on any atom is 0.335 e. The fourth-order valence-corrected chi connectivity index (χ4v) is 4.51. The van der Waals surface area contributed by atoms with Gasteiger partial charge in [0.05, 0.1) is 23.1 Å². The van der Waals surface area contributed by atoms with E-state index in [9.17, 15) is 34.5 Å². The first-order valence-corrected chi connectivity index (χ1v) is 9.68. The summed E-state index contributed by atoms with van der Waals surface area (Å²) < 4.78 is 0.607. The fraction of sp³-hybridized carbons (Fsp3) is 0.200. The Hall–Kier alpha value is -3.24. The SMILES string of the molecule is O=C(O)c1cccc(N2C(=O)C3C(C(=O)O)NC(c4cc(Br)ccc4O)C3C2=O)c1. The molecule has 0 bridgehead atoms. The Bertz CT molecular complexity index is 1100. The average Bonchev–Trinajstić information content (AvgIpc) is 3.21. The smallest absolute Gasteiger partial charge is 0.335 e. The molecular weight excluding hydrogens is 460 g/mol. The van der Waals surface area contributed by atoms with Gasteiger partial charge in [-0.05, 0) is 36.4 Å². The van der Waals surface area contributed by atoms with Crippen LogP contribution in [-0.2, 0) is 14.4 Å². The minimum atomic E-state index is -1.34. The second kappa shape index (κ2) is 7.22. The third-order valence-corrected chi connectivity index (χ3v) is 5.91. The van der Waals surface area contributed by atoms with E-state index in [1.807, 2.05) is 0 Å². The Kier molecular flexibility index (Phi) is 4.83.